The summed E-state index contributed by atoms with van der Waals surface area (Å²) in [7, 11) is 0. The van der Waals surface area contributed by atoms with E-state index < -0.39 is 5.60 Å². The molecule has 0 radical (unpaired) electrons. The summed E-state index contributed by atoms with van der Waals surface area (Å²) >= 11 is 3.44. The molecule has 0 unspecified atom stereocenters. The van der Waals surface area contributed by atoms with Crippen LogP contribution in [0.3, 0.4) is 0 Å². The van der Waals surface area contributed by atoms with E-state index in [1.165, 1.54) is 12.8 Å². The van der Waals surface area contributed by atoms with Crippen LogP contribution in [0, 0.1) is 5.92 Å². The van der Waals surface area contributed by atoms with Gasteiger partial charge in [0.15, 0.2) is 0 Å². The van der Waals surface area contributed by atoms with Gasteiger partial charge in [-0.2, -0.15) is 0 Å². The van der Waals surface area contributed by atoms with Crippen LogP contribution in [0.5, 0.6) is 0 Å². The lowest BCUT2D eigenvalue weighted by atomic mass is 9.79. The Bertz CT molecular complexity index is 482. The van der Waals surface area contributed by atoms with E-state index in [0.29, 0.717) is 12.5 Å². The van der Waals surface area contributed by atoms with Crippen LogP contribution in [-0.4, -0.2) is 27.2 Å². The number of aromatic nitrogens is 2. The molecule has 0 aromatic carbocycles. The minimum absolute atomic E-state index is 0.534. The molecule has 4 nitrogen and oxygen atoms in total. The second-order valence-corrected chi connectivity index (χ2v) is 7.28. The van der Waals surface area contributed by atoms with Gasteiger partial charge in [0, 0.05) is 18.5 Å². The standard InChI is InChI=1S/C15H22BrN3O/c1-10-4-6-15(20,7-5-10)9-17-13-8-12(16)18-14(19-13)11-2-3-11/h8,10-11,20H,2-7,9H2,1H3,(H,17,18,19). The number of halogens is 1. The zero-order chi connectivity index (χ0) is 14.2. The summed E-state index contributed by atoms with van der Waals surface area (Å²) in [4.78, 5) is 8.98. The molecule has 0 amide bonds. The second-order valence-electron chi connectivity index (χ2n) is 6.47. The van der Waals surface area contributed by atoms with Crippen LogP contribution in [0.2, 0.25) is 0 Å². The number of hydrogen-bond donors (Lipinski definition) is 2. The summed E-state index contributed by atoms with van der Waals surface area (Å²) < 4.78 is 0.821. The number of rotatable bonds is 4. The van der Waals surface area contributed by atoms with Crippen LogP contribution in [0.15, 0.2) is 10.7 Å². The van der Waals surface area contributed by atoms with Gasteiger partial charge in [-0.1, -0.05) is 6.92 Å². The third-order valence-electron chi connectivity index (χ3n) is 4.46. The summed E-state index contributed by atoms with van der Waals surface area (Å²) in [5.41, 5.74) is -0.580. The summed E-state index contributed by atoms with van der Waals surface area (Å²) in [5.74, 6) is 3.02. The van der Waals surface area contributed by atoms with Crippen LogP contribution in [0.1, 0.15) is 57.2 Å². The number of anilines is 1. The molecular formula is C15H22BrN3O. The Hall–Kier alpha value is -0.680. The van der Waals surface area contributed by atoms with E-state index >= 15 is 0 Å². The van der Waals surface area contributed by atoms with E-state index in [9.17, 15) is 5.11 Å². The molecule has 1 heterocycles. The molecule has 0 aliphatic heterocycles. The number of hydrogen-bond acceptors (Lipinski definition) is 4. The molecular weight excluding hydrogens is 318 g/mol. The van der Waals surface area contributed by atoms with Gasteiger partial charge in [-0.25, -0.2) is 9.97 Å². The number of nitrogens with zero attached hydrogens (tertiary/aromatic N) is 2. The Balaban J connectivity index is 1.63. The minimum atomic E-state index is -0.580. The maximum atomic E-state index is 10.6. The van der Waals surface area contributed by atoms with Crippen LogP contribution < -0.4 is 5.32 Å². The van der Waals surface area contributed by atoms with Crippen molar-refractivity contribution in [2.45, 2.75) is 57.0 Å². The summed E-state index contributed by atoms with van der Waals surface area (Å²) in [5, 5.41) is 13.9. The van der Waals surface area contributed by atoms with Gasteiger partial charge in [0.05, 0.1) is 5.60 Å². The number of aliphatic hydroxyl groups is 1. The van der Waals surface area contributed by atoms with Crippen molar-refractivity contribution in [3.8, 4) is 0 Å². The topological polar surface area (TPSA) is 58.0 Å². The molecule has 3 rings (SSSR count). The Morgan fingerprint density at radius 3 is 2.65 bits per heavy atom. The zero-order valence-electron chi connectivity index (χ0n) is 11.9. The molecule has 0 saturated heterocycles. The Kier molecular flexibility index (Phi) is 4.00. The van der Waals surface area contributed by atoms with Crippen molar-refractivity contribution in [1.82, 2.24) is 9.97 Å². The van der Waals surface area contributed by atoms with Gasteiger partial charge in [0.25, 0.3) is 0 Å². The van der Waals surface area contributed by atoms with Gasteiger partial charge in [-0.05, 0) is 60.4 Å². The van der Waals surface area contributed by atoms with E-state index in [1.54, 1.807) is 0 Å². The molecule has 0 atom stereocenters. The highest BCUT2D eigenvalue weighted by Gasteiger charge is 2.32. The van der Waals surface area contributed by atoms with Crippen LogP contribution in [0.25, 0.3) is 0 Å². The lowest BCUT2D eigenvalue weighted by Crippen LogP contribution is -2.40. The maximum absolute atomic E-state index is 10.6. The molecule has 0 bridgehead atoms. The van der Waals surface area contributed by atoms with Crippen molar-refractivity contribution in [1.29, 1.82) is 0 Å². The molecule has 0 spiro atoms. The van der Waals surface area contributed by atoms with E-state index in [-0.39, 0.29) is 0 Å². The molecule has 2 N–H and O–H groups in total. The normalized spacial score (nSPS) is 30.2. The molecule has 110 valence electrons. The molecule has 2 fully saturated rings. The van der Waals surface area contributed by atoms with Crippen molar-refractivity contribution in [2.75, 3.05) is 11.9 Å². The third kappa shape index (κ3) is 3.50. The van der Waals surface area contributed by atoms with Gasteiger partial charge in [-0.15, -0.1) is 0 Å². The van der Waals surface area contributed by atoms with Crippen molar-refractivity contribution in [3.63, 3.8) is 0 Å². The van der Waals surface area contributed by atoms with E-state index in [2.05, 4.69) is 38.1 Å². The average molecular weight is 340 g/mol. The van der Waals surface area contributed by atoms with Gasteiger partial charge < -0.3 is 10.4 Å². The predicted octanol–water partition coefficient (Wildman–Crippen LogP) is 3.47. The summed E-state index contributed by atoms with van der Waals surface area (Å²) in [6.45, 7) is 2.84. The van der Waals surface area contributed by atoms with Gasteiger partial charge in [-0.3, -0.25) is 0 Å². The van der Waals surface area contributed by atoms with Crippen molar-refractivity contribution < 1.29 is 5.11 Å². The van der Waals surface area contributed by atoms with Crippen LogP contribution >= 0.6 is 15.9 Å². The van der Waals surface area contributed by atoms with Crippen molar-refractivity contribution >= 4 is 21.7 Å². The van der Waals surface area contributed by atoms with E-state index in [4.69, 9.17) is 0 Å². The quantitative estimate of drug-likeness (QED) is 0.824. The van der Waals surface area contributed by atoms with Crippen LogP contribution in [-0.2, 0) is 0 Å². The molecule has 2 aliphatic carbocycles. The van der Waals surface area contributed by atoms with Crippen molar-refractivity contribution in [3.05, 3.63) is 16.5 Å². The minimum Gasteiger partial charge on any atom is -0.388 e. The Morgan fingerprint density at radius 1 is 1.30 bits per heavy atom. The van der Waals surface area contributed by atoms with Gasteiger partial charge in [0.1, 0.15) is 16.2 Å². The smallest absolute Gasteiger partial charge is 0.135 e. The average Bonchev–Trinajstić information content (AvgIpc) is 3.24. The second kappa shape index (κ2) is 5.60. The lowest BCUT2D eigenvalue weighted by molar-refractivity contribution is 0.00494. The third-order valence-corrected chi connectivity index (χ3v) is 4.86. The lowest BCUT2D eigenvalue weighted by Gasteiger charge is -2.35. The summed E-state index contributed by atoms with van der Waals surface area (Å²) in [6.07, 6.45) is 6.36. The molecule has 20 heavy (non-hydrogen) atoms. The first-order chi connectivity index (χ1) is 9.54. The van der Waals surface area contributed by atoms with Crippen LogP contribution in [0.4, 0.5) is 5.82 Å². The maximum Gasteiger partial charge on any atom is 0.135 e. The molecule has 1 aromatic rings. The zero-order valence-corrected chi connectivity index (χ0v) is 13.5. The van der Waals surface area contributed by atoms with Gasteiger partial charge >= 0.3 is 0 Å². The fourth-order valence-electron chi connectivity index (χ4n) is 2.78. The Morgan fingerprint density at radius 2 is 2.00 bits per heavy atom. The Labute approximate surface area is 128 Å². The predicted molar refractivity (Wildman–Crippen MR) is 82.8 cm³/mol. The fraction of sp³-hybridized carbons (Fsp3) is 0.733. The summed E-state index contributed by atoms with van der Waals surface area (Å²) in [6, 6.07) is 1.89. The number of nitrogens with one attached hydrogen (secondary N) is 1. The molecule has 1 aromatic heterocycles. The molecule has 2 saturated carbocycles. The highest BCUT2D eigenvalue weighted by atomic mass is 79.9. The highest BCUT2D eigenvalue weighted by Crippen LogP contribution is 2.39. The monoisotopic (exact) mass is 339 g/mol. The highest BCUT2D eigenvalue weighted by molar-refractivity contribution is 9.10. The largest absolute Gasteiger partial charge is 0.388 e. The molecule has 2 aliphatic rings. The molecule has 5 heteroatoms. The van der Waals surface area contributed by atoms with E-state index in [0.717, 1.165) is 47.8 Å². The van der Waals surface area contributed by atoms with Gasteiger partial charge in [0.2, 0.25) is 0 Å². The van der Waals surface area contributed by atoms with Crippen molar-refractivity contribution in [2.24, 2.45) is 5.92 Å². The first-order valence-electron chi connectivity index (χ1n) is 7.55. The SMILES string of the molecule is CC1CCC(O)(CNc2cc(Br)nc(C3CC3)n2)CC1. The first-order valence-corrected chi connectivity index (χ1v) is 8.34. The first kappa shape index (κ1) is 14.3. The van der Waals surface area contributed by atoms with E-state index in [1.807, 2.05) is 6.07 Å². The fourth-order valence-corrected chi connectivity index (χ4v) is 3.18.